The monoisotopic (exact) mass is 324 g/mol. The number of aromatic amines is 1. The predicted octanol–water partition coefficient (Wildman–Crippen LogP) is 2.66. The molecule has 6 nitrogen and oxygen atoms in total. The van der Waals surface area contributed by atoms with E-state index in [9.17, 15) is 9.59 Å². The number of aromatic nitrogens is 2. The van der Waals surface area contributed by atoms with Crippen LogP contribution in [0.15, 0.2) is 30.3 Å². The van der Waals surface area contributed by atoms with Crippen molar-refractivity contribution in [1.29, 1.82) is 0 Å². The van der Waals surface area contributed by atoms with Crippen molar-refractivity contribution < 1.29 is 9.59 Å². The average molecular weight is 324 g/mol. The summed E-state index contributed by atoms with van der Waals surface area (Å²) in [4.78, 5) is 26.9. The molecule has 0 unspecified atom stereocenters. The van der Waals surface area contributed by atoms with Gasteiger partial charge in [0.25, 0.3) is 5.91 Å². The van der Waals surface area contributed by atoms with Crippen LogP contribution in [0.5, 0.6) is 0 Å². The van der Waals surface area contributed by atoms with Gasteiger partial charge in [0.05, 0.1) is 0 Å². The summed E-state index contributed by atoms with van der Waals surface area (Å²) < 4.78 is 0. The van der Waals surface area contributed by atoms with E-state index in [0.29, 0.717) is 30.3 Å². The zero-order valence-corrected chi connectivity index (χ0v) is 13.6. The molecule has 0 radical (unpaired) electrons. The number of amides is 2. The van der Waals surface area contributed by atoms with Gasteiger partial charge in [0, 0.05) is 29.8 Å². The number of hydrogen-bond acceptors (Lipinski definition) is 3. The topological polar surface area (TPSA) is 78.1 Å². The summed E-state index contributed by atoms with van der Waals surface area (Å²) in [5.74, 6) is 0.824. The molecule has 2 amide bonds. The van der Waals surface area contributed by atoms with Crippen molar-refractivity contribution in [3.8, 4) is 0 Å². The molecule has 1 fully saturated rings. The normalized spacial score (nSPS) is 17.7. The van der Waals surface area contributed by atoms with E-state index in [1.165, 1.54) is 12.8 Å². The number of carbonyl (C=O) groups excluding carboxylic acids is 2. The van der Waals surface area contributed by atoms with Gasteiger partial charge in [-0.15, -0.1) is 0 Å². The number of fused-ring (bicyclic) bond motifs is 1. The van der Waals surface area contributed by atoms with Gasteiger partial charge in [-0.25, -0.2) is 0 Å². The molecule has 4 rings (SSSR count). The van der Waals surface area contributed by atoms with E-state index in [2.05, 4.69) is 15.5 Å². The molecule has 2 aromatic rings. The first-order valence-corrected chi connectivity index (χ1v) is 8.42. The number of H-pyrrole nitrogens is 1. The Morgan fingerprint density at radius 1 is 1.42 bits per heavy atom. The number of nitrogens with one attached hydrogen (secondary N) is 2. The van der Waals surface area contributed by atoms with Gasteiger partial charge in [-0.1, -0.05) is 25.1 Å². The summed E-state index contributed by atoms with van der Waals surface area (Å²) in [5.41, 5.74) is 2.74. The molecule has 0 saturated heterocycles. The van der Waals surface area contributed by atoms with Gasteiger partial charge in [0.2, 0.25) is 5.91 Å². The van der Waals surface area contributed by atoms with Crippen molar-refractivity contribution in [2.24, 2.45) is 0 Å². The third-order valence-electron chi connectivity index (χ3n) is 4.78. The van der Waals surface area contributed by atoms with Gasteiger partial charge in [-0.2, -0.15) is 5.10 Å². The second kappa shape index (κ2) is 5.78. The summed E-state index contributed by atoms with van der Waals surface area (Å²) in [7, 11) is 0. The highest BCUT2D eigenvalue weighted by atomic mass is 16.2. The first-order chi connectivity index (χ1) is 11.7. The van der Waals surface area contributed by atoms with Gasteiger partial charge in [0.1, 0.15) is 6.04 Å². The molecule has 2 aliphatic rings. The zero-order valence-electron chi connectivity index (χ0n) is 13.6. The standard InChI is InChI=1S/C18H20N4O2/c1-2-15(22-10-12-5-3-4-6-13(12)18(22)24)17(23)19-16-9-14(20-21-16)11-7-8-11/h3-6,9,11,15H,2,7-8,10H2,1H3,(H2,19,20,21,23)/t15-/m1/s1. The van der Waals surface area contributed by atoms with E-state index in [0.717, 1.165) is 11.3 Å². The number of hydrogen-bond donors (Lipinski definition) is 2. The van der Waals surface area contributed by atoms with E-state index in [1.54, 1.807) is 4.90 Å². The molecule has 0 bridgehead atoms. The van der Waals surface area contributed by atoms with Crippen molar-refractivity contribution in [2.75, 3.05) is 5.32 Å². The minimum atomic E-state index is -0.494. The maximum Gasteiger partial charge on any atom is 0.255 e. The fourth-order valence-electron chi connectivity index (χ4n) is 3.29. The summed E-state index contributed by atoms with van der Waals surface area (Å²) in [6.07, 6.45) is 2.91. The Morgan fingerprint density at radius 3 is 2.92 bits per heavy atom. The van der Waals surface area contributed by atoms with E-state index in [4.69, 9.17) is 0 Å². The van der Waals surface area contributed by atoms with Gasteiger partial charge >= 0.3 is 0 Å². The van der Waals surface area contributed by atoms with Crippen molar-refractivity contribution in [3.63, 3.8) is 0 Å². The number of benzene rings is 1. The van der Waals surface area contributed by atoms with Crippen LogP contribution in [0, 0.1) is 0 Å². The molecule has 1 atom stereocenters. The van der Waals surface area contributed by atoms with Crippen LogP contribution in [0.3, 0.4) is 0 Å². The molecule has 1 aromatic heterocycles. The second-order valence-corrected chi connectivity index (χ2v) is 6.49. The Labute approximate surface area is 140 Å². The Morgan fingerprint density at radius 2 is 2.21 bits per heavy atom. The Hall–Kier alpha value is -2.63. The highest BCUT2D eigenvalue weighted by molar-refractivity contribution is 6.03. The molecule has 24 heavy (non-hydrogen) atoms. The summed E-state index contributed by atoms with van der Waals surface area (Å²) in [6.45, 7) is 2.40. The van der Waals surface area contributed by atoms with Crippen LogP contribution in [-0.4, -0.2) is 33.0 Å². The summed E-state index contributed by atoms with van der Waals surface area (Å²) in [5, 5.41) is 9.98. The maximum absolute atomic E-state index is 12.7. The lowest BCUT2D eigenvalue weighted by Gasteiger charge is -2.25. The number of rotatable bonds is 5. The van der Waals surface area contributed by atoms with E-state index in [1.807, 2.05) is 37.3 Å². The largest absolute Gasteiger partial charge is 0.322 e. The van der Waals surface area contributed by atoms with Crippen molar-refractivity contribution in [2.45, 2.75) is 44.7 Å². The molecule has 2 heterocycles. The summed E-state index contributed by atoms with van der Waals surface area (Å²) >= 11 is 0. The zero-order chi connectivity index (χ0) is 16.7. The molecular weight excluding hydrogens is 304 g/mol. The molecule has 1 aliphatic heterocycles. The predicted molar refractivity (Wildman–Crippen MR) is 89.6 cm³/mol. The van der Waals surface area contributed by atoms with Crippen LogP contribution in [-0.2, 0) is 11.3 Å². The Bertz CT molecular complexity index is 794. The number of anilines is 1. The number of nitrogens with zero attached hydrogens (tertiary/aromatic N) is 2. The van der Waals surface area contributed by atoms with Crippen LogP contribution < -0.4 is 5.32 Å². The molecule has 1 aromatic carbocycles. The Balaban J connectivity index is 1.48. The lowest BCUT2D eigenvalue weighted by Crippen LogP contribution is -2.43. The third kappa shape index (κ3) is 2.58. The van der Waals surface area contributed by atoms with Crippen LogP contribution in [0.25, 0.3) is 0 Å². The van der Waals surface area contributed by atoms with Crippen LogP contribution in [0.4, 0.5) is 5.82 Å². The third-order valence-corrected chi connectivity index (χ3v) is 4.78. The fourth-order valence-corrected chi connectivity index (χ4v) is 3.29. The molecular formula is C18H20N4O2. The lowest BCUT2D eigenvalue weighted by molar-refractivity contribution is -0.120. The SMILES string of the molecule is CC[C@H](C(=O)Nc1cc(C2CC2)[nH]n1)N1Cc2ccccc2C1=O. The highest BCUT2D eigenvalue weighted by Gasteiger charge is 2.35. The van der Waals surface area contributed by atoms with E-state index >= 15 is 0 Å². The van der Waals surface area contributed by atoms with Crippen molar-refractivity contribution >= 4 is 17.6 Å². The molecule has 2 N–H and O–H groups in total. The first-order valence-electron chi connectivity index (χ1n) is 8.42. The van der Waals surface area contributed by atoms with E-state index in [-0.39, 0.29) is 11.8 Å². The first kappa shape index (κ1) is 14.9. The second-order valence-electron chi connectivity index (χ2n) is 6.49. The van der Waals surface area contributed by atoms with E-state index < -0.39 is 6.04 Å². The fraction of sp³-hybridized carbons (Fsp3) is 0.389. The van der Waals surface area contributed by atoms with Gasteiger partial charge in [-0.3, -0.25) is 14.7 Å². The van der Waals surface area contributed by atoms with Crippen molar-refractivity contribution in [1.82, 2.24) is 15.1 Å². The molecule has 6 heteroatoms. The van der Waals surface area contributed by atoms with Crippen LogP contribution in [0.2, 0.25) is 0 Å². The highest BCUT2D eigenvalue weighted by Crippen LogP contribution is 2.39. The molecule has 124 valence electrons. The minimum absolute atomic E-state index is 0.0757. The molecule has 1 saturated carbocycles. The number of carbonyl (C=O) groups is 2. The maximum atomic E-state index is 12.7. The molecule has 1 aliphatic carbocycles. The summed E-state index contributed by atoms with van der Waals surface area (Å²) in [6, 6.07) is 8.92. The van der Waals surface area contributed by atoms with Crippen molar-refractivity contribution in [3.05, 3.63) is 47.2 Å². The lowest BCUT2D eigenvalue weighted by atomic mass is 10.1. The van der Waals surface area contributed by atoms with Gasteiger partial charge in [0.15, 0.2) is 5.82 Å². The van der Waals surface area contributed by atoms with Crippen LogP contribution >= 0.6 is 0 Å². The smallest absolute Gasteiger partial charge is 0.255 e. The van der Waals surface area contributed by atoms with Crippen LogP contribution in [0.1, 0.15) is 53.7 Å². The quantitative estimate of drug-likeness (QED) is 0.887. The minimum Gasteiger partial charge on any atom is -0.322 e. The average Bonchev–Trinajstić information content (AvgIpc) is 3.25. The molecule has 0 spiro atoms. The Kier molecular flexibility index (Phi) is 3.59. The van der Waals surface area contributed by atoms with Gasteiger partial charge < -0.3 is 10.2 Å². The van der Waals surface area contributed by atoms with Gasteiger partial charge in [-0.05, 0) is 30.9 Å².